The van der Waals surface area contributed by atoms with Crippen molar-refractivity contribution >= 4 is 27.5 Å². The standard InChI is InChI=1S/C12H17BrN2O2/c1-7(3-4-16)15-12(17)10-5-9(13)6-11(14)8(10)2/h5-7,16H,3-4,14H2,1-2H3,(H,15,17). The molecule has 4 nitrogen and oxygen atoms in total. The number of amides is 1. The minimum absolute atomic E-state index is 0.0566. The number of anilines is 1. The van der Waals surface area contributed by atoms with Crippen LogP contribution in [-0.2, 0) is 0 Å². The Kier molecular flexibility index (Phi) is 4.96. The molecule has 0 aliphatic heterocycles. The molecule has 0 saturated carbocycles. The van der Waals surface area contributed by atoms with Crippen LogP contribution in [0.2, 0.25) is 0 Å². The number of halogens is 1. The van der Waals surface area contributed by atoms with Crippen LogP contribution in [0.25, 0.3) is 0 Å². The van der Waals surface area contributed by atoms with Crippen LogP contribution in [0, 0.1) is 6.92 Å². The topological polar surface area (TPSA) is 75.4 Å². The summed E-state index contributed by atoms with van der Waals surface area (Å²) in [7, 11) is 0. The van der Waals surface area contributed by atoms with Gasteiger partial charge < -0.3 is 16.2 Å². The van der Waals surface area contributed by atoms with Crippen molar-refractivity contribution in [2.24, 2.45) is 0 Å². The molecule has 94 valence electrons. The Balaban J connectivity index is 2.89. The van der Waals surface area contributed by atoms with E-state index in [2.05, 4.69) is 21.2 Å². The van der Waals surface area contributed by atoms with E-state index in [0.29, 0.717) is 17.7 Å². The third-order valence-electron chi connectivity index (χ3n) is 2.60. The minimum atomic E-state index is -0.170. The van der Waals surface area contributed by atoms with Crippen molar-refractivity contribution in [2.45, 2.75) is 26.3 Å². The van der Waals surface area contributed by atoms with E-state index in [-0.39, 0.29) is 18.6 Å². The molecule has 0 aliphatic carbocycles. The number of nitrogens with two attached hydrogens (primary N) is 1. The van der Waals surface area contributed by atoms with E-state index >= 15 is 0 Å². The predicted molar refractivity (Wildman–Crippen MR) is 71.9 cm³/mol. The molecular weight excluding hydrogens is 284 g/mol. The third kappa shape index (κ3) is 3.71. The van der Waals surface area contributed by atoms with Crippen molar-refractivity contribution < 1.29 is 9.90 Å². The lowest BCUT2D eigenvalue weighted by atomic mass is 10.1. The van der Waals surface area contributed by atoms with E-state index in [9.17, 15) is 4.79 Å². The number of aliphatic hydroxyl groups excluding tert-OH is 1. The lowest BCUT2D eigenvalue weighted by Gasteiger charge is -2.14. The summed E-state index contributed by atoms with van der Waals surface area (Å²) in [5, 5.41) is 11.6. The number of hydrogen-bond acceptors (Lipinski definition) is 3. The van der Waals surface area contributed by atoms with Crippen LogP contribution in [0.5, 0.6) is 0 Å². The fourth-order valence-electron chi connectivity index (χ4n) is 1.50. The van der Waals surface area contributed by atoms with Crippen molar-refractivity contribution in [3.63, 3.8) is 0 Å². The zero-order chi connectivity index (χ0) is 13.0. The molecule has 0 heterocycles. The quantitative estimate of drug-likeness (QED) is 0.743. The second-order valence-electron chi connectivity index (χ2n) is 4.05. The van der Waals surface area contributed by atoms with Gasteiger partial charge >= 0.3 is 0 Å². The number of nitrogen functional groups attached to an aromatic ring is 1. The van der Waals surface area contributed by atoms with Gasteiger partial charge in [0.05, 0.1) is 0 Å². The van der Waals surface area contributed by atoms with Gasteiger partial charge in [-0.1, -0.05) is 15.9 Å². The Morgan fingerprint density at radius 1 is 1.59 bits per heavy atom. The van der Waals surface area contributed by atoms with Crippen LogP contribution in [0.15, 0.2) is 16.6 Å². The van der Waals surface area contributed by atoms with Crippen LogP contribution in [0.3, 0.4) is 0 Å². The van der Waals surface area contributed by atoms with Gasteiger partial charge in [-0.25, -0.2) is 0 Å². The van der Waals surface area contributed by atoms with E-state index in [1.807, 2.05) is 13.8 Å². The van der Waals surface area contributed by atoms with Crippen molar-refractivity contribution in [1.82, 2.24) is 5.32 Å². The largest absolute Gasteiger partial charge is 0.398 e. The Labute approximate surface area is 109 Å². The Hall–Kier alpha value is -1.07. The van der Waals surface area contributed by atoms with Gasteiger partial charge in [0, 0.05) is 28.4 Å². The van der Waals surface area contributed by atoms with Crippen molar-refractivity contribution in [2.75, 3.05) is 12.3 Å². The van der Waals surface area contributed by atoms with Gasteiger partial charge in [0.25, 0.3) is 5.91 Å². The molecule has 0 aromatic heterocycles. The fourth-order valence-corrected chi connectivity index (χ4v) is 1.98. The van der Waals surface area contributed by atoms with Crippen molar-refractivity contribution in [1.29, 1.82) is 0 Å². The molecule has 0 aliphatic rings. The molecule has 1 amide bonds. The molecule has 1 atom stereocenters. The van der Waals surface area contributed by atoms with E-state index in [0.717, 1.165) is 10.0 Å². The number of carbonyl (C=O) groups is 1. The summed E-state index contributed by atoms with van der Waals surface area (Å²) >= 11 is 3.31. The zero-order valence-corrected chi connectivity index (χ0v) is 11.5. The summed E-state index contributed by atoms with van der Waals surface area (Å²) in [5.74, 6) is -0.170. The molecule has 5 heteroatoms. The van der Waals surface area contributed by atoms with Gasteiger partial charge in [-0.3, -0.25) is 4.79 Å². The first-order valence-corrected chi connectivity index (χ1v) is 6.22. The second kappa shape index (κ2) is 6.02. The number of nitrogens with one attached hydrogen (secondary N) is 1. The van der Waals surface area contributed by atoms with Gasteiger partial charge in [0.2, 0.25) is 0 Å². The smallest absolute Gasteiger partial charge is 0.251 e. The molecule has 0 fully saturated rings. The predicted octanol–water partition coefficient (Wildman–Crippen LogP) is 1.84. The highest BCUT2D eigenvalue weighted by molar-refractivity contribution is 9.10. The van der Waals surface area contributed by atoms with E-state index < -0.39 is 0 Å². The van der Waals surface area contributed by atoms with Crippen LogP contribution < -0.4 is 11.1 Å². The molecule has 0 spiro atoms. The first-order valence-electron chi connectivity index (χ1n) is 5.43. The maximum Gasteiger partial charge on any atom is 0.251 e. The minimum Gasteiger partial charge on any atom is -0.398 e. The third-order valence-corrected chi connectivity index (χ3v) is 3.05. The summed E-state index contributed by atoms with van der Waals surface area (Å²) in [5.41, 5.74) is 7.70. The van der Waals surface area contributed by atoms with E-state index in [1.165, 1.54) is 0 Å². The second-order valence-corrected chi connectivity index (χ2v) is 4.97. The summed E-state index contributed by atoms with van der Waals surface area (Å²) in [6.07, 6.45) is 0.536. The molecule has 4 N–H and O–H groups in total. The van der Waals surface area contributed by atoms with Crippen molar-refractivity contribution in [3.05, 3.63) is 27.7 Å². The summed E-state index contributed by atoms with van der Waals surface area (Å²) in [4.78, 5) is 12.0. The molecule has 1 rings (SSSR count). The number of hydrogen-bond donors (Lipinski definition) is 3. The highest BCUT2D eigenvalue weighted by Crippen LogP contribution is 2.22. The maximum atomic E-state index is 12.0. The Morgan fingerprint density at radius 2 is 2.24 bits per heavy atom. The fraction of sp³-hybridized carbons (Fsp3) is 0.417. The lowest BCUT2D eigenvalue weighted by Crippen LogP contribution is -2.33. The molecular formula is C12H17BrN2O2. The SMILES string of the molecule is Cc1c(N)cc(Br)cc1C(=O)NC(C)CCO. The van der Waals surface area contributed by atoms with Gasteiger partial charge in [-0.05, 0) is 38.0 Å². The van der Waals surface area contributed by atoms with E-state index in [4.69, 9.17) is 10.8 Å². The molecule has 17 heavy (non-hydrogen) atoms. The lowest BCUT2D eigenvalue weighted by molar-refractivity contribution is 0.0934. The monoisotopic (exact) mass is 300 g/mol. The summed E-state index contributed by atoms with van der Waals surface area (Å²) in [6.45, 7) is 3.72. The van der Waals surface area contributed by atoms with Gasteiger partial charge in [0.1, 0.15) is 0 Å². The highest BCUT2D eigenvalue weighted by Gasteiger charge is 2.14. The van der Waals surface area contributed by atoms with E-state index in [1.54, 1.807) is 12.1 Å². The molecule has 0 bridgehead atoms. The molecule has 1 aromatic rings. The number of rotatable bonds is 4. The first-order chi connectivity index (χ1) is 7.95. The van der Waals surface area contributed by atoms with Gasteiger partial charge in [0.15, 0.2) is 0 Å². The number of aliphatic hydroxyl groups is 1. The van der Waals surface area contributed by atoms with Gasteiger partial charge in [-0.15, -0.1) is 0 Å². The van der Waals surface area contributed by atoms with Crippen LogP contribution in [0.4, 0.5) is 5.69 Å². The average Bonchev–Trinajstić information content (AvgIpc) is 2.23. The Morgan fingerprint density at radius 3 is 2.82 bits per heavy atom. The number of benzene rings is 1. The maximum absolute atomic E-state index is 12.0. The highest BCUT2D eigenvalue weighted by atomic mass is 79.9. The van der Waals surface area contributed by atoms with Crippen LogP contribution in [-0.4, -0.2) is 23.7 Å². The molecule has 1 aromatic carbocycles. The first kappa shape index (κ1) is 14.0. The van der Waals surface area contributed by atoms with Gasteiger partial charge in [-0.2, -0.15) is 0 Å². The summed E-state index contributed by atoms with van der Waals surface area (Å²) < 4.78 is 0.778. The molecule has 0 saturated heterocycles. The Bertz CT molecular complexity index is 421. The summed E-state index contributed by atoms with van der Waals surface area (Å²) in [6, 6.07) is 3.45. The molecule has 0 radical (unpaired) electrons. The van der Waals surface area contributed by atoms with Crippen LogP contribution in [0.1, 0.15) is 29.3 Å². The zero-order valence-electron chi connectivity index (χ0n) is 9.96. The van der Waals surface area contributed by atoms with Crippen molar-refractivity contribution in [3.8, 4) is 0 Å². The average molecular weight is 301 g/mol. The molecule has 1 unspecified atom stereocenters. The van der Waals surface area contributed by atoms with Crippen LogP contribution >= 0.6 is 15.9 Å². The normalized spacial score (nSPS) is 12.2. The number of carbonyl (C=O) groups excluding carboxylic acids is 1.